The molecule has 0 atom stereocenters. The number of carbonyl (C=O) groups is 3. The second-order valence-corrected chi connectivity index (χ2v) is 11.5. The van der Waals surface area contributed by atoms with E-state index in [-0.39, 0.29) is 31.5 Å². The number of fused-ring (bicyclic) bond motifs is 1. The van der Waals surface area contributed by atoms with Gasteiger partial charge in [0, 0.05) is 44.7 Å². The van der Waals surface area contributed by atoms with Crippen LogP contribution in [-0.2, 0) is 36.2 Å². The Labute approximate surface area is 250 Å². The van der Waals surface area contributed by atoms with Crippen molar-refractivity contribution in [1.82, 2.24) is 19.4 Å². The van der Waals surface area contributed by atoms with E-state index in [0.29, 0.717) is 47.5 Å². The minimum absolute atomic E-state index is 0.0544. The predicted molar refractivity (Wildman–Crippen MR) is 158 cm³/mol. The Balaban J connectivity index is 1.40. The van der Waals surface area contributed by atoms with Crippen LogP contribution in [0, 0.1) is 0 Å². The molecule has 2 aliphatic rings. The average molecular weight is 592 g/mol. The molecular formula is C31H37N5O7. The Morgan fingerprint density at radius 1 is 0.953 bits per heavy atom. The molecule has 0 N–H and O–H groups in total. The zero-order valence-electron chi connectivity index (χ0n) is 25.6. The zero-order chi connectivity index (χ0) is 31.1. The molecule has 2 aromatic carbocycles. The van der Waals surface area contributed by atoms with Crippen LogP contribution in [0.25, 0.3) is 11.4 Å². The van der Waals surface area contributed by atoms with Gasteiger partial charge in [0.15, 0.2) is 0 Å². The smallest absolute Gasteiger partial charge is 0.410 e. The van der Waals surface area contributed by atoms with Crippen molar-refractivity contribution in [3.8, 4) is 28.6 Å². The van der Waals surface area contributed by atoms with Crippen molar-refractivity contribution in [2.75, 3.05) is 32.8 Å². The fourth-order valence-corrected chi connectivity index (χ4v) is 5.34. The summed E-state index contributed by atoms with van der Waals surface area (Å²) < 4.78 is 23.8. The molecule has 228 valence electrons. The van der Waals surface area contributed by atoms with Crippen LogP contribution in [0.3, 0.4) is 0 Å². The number of urea groups is 1. The average Bonchev–Trinajstić information content (AvgIpc) is 3.56. The van der Waals surface area contributed by atoms with E-state index >= 15 is 0 Å². The predicted octanol–water partition coefficient (Wildman–Crippen LogP) is 4.72. The van der Waals surface area contributed by atoms with Crippen molar-refractivity contribution >= 4 is 23.8 Å². The first kappa shape index (κ1) is 29.7. The highest BCUT2D eigenvalue weighted by molar-refractivity contribution is 6.05. The minimum Gasteiger partial charge on any atom is -0.497 e. The normalized spacial score (nSPS) is 15.1. The van der Waals surface area contributed by atoms with Crippen LogP contribution in [0.2, 0.25) is 0 Å². The third-order valence-electron chi connectivity index (χ3n) is 7.51. The molecule has 0 radical (unpaired) electrons. The molecule has 12 nitrogen and oxygen atoms in total. The van der Waals surface area contributed by atoms with Crippen LogP contribution in [0.1, 0.15) is 43.9 Å². The van der Waals surface area contributed by atoms with E-state index in [1.807, 2.05) is 44.5 Å². The number of imide groups is 1. The highest BCUT2D eigenvalue weighted by Gasteiger charge is 2.36. The number of ether oxygens (including phenoxy) is 4. The number of aromatic nitrogens is 2. The van der Waals surface area contributed by atoms with Crippen molar-refractivity contribution in [3.05, 3.63) is 53.2 Å². The van der Waals surface area contributed by atoms with Gasteiger partial charge < -0.3 is 23.5 Å². The third kappa shape index (κ3) is 5.81. The number of nitrogens with zero attached hydrogens (tertiary/aromatic N) is 5. The highest BCUT2D eigenvalue weighted by Crippen LogP contribution is 2.38. The van der Waals surface area contributed by atoms with Gasteiger partial charge in [-0.15, -0.1) is 0 Å². The Morgan fingerprint density at radius 3 is 2.30 bits per heavy atom. The van der Waals surface area contributed by atoms with E-state index in [2.05, 4.69) is 4.98 Å². The summed E-state index contributed by atoms with van der Waals surface area (Å²) in [5.74, 6) is 2.58. The van der Waals surface area contributed by atoms with Gasteiger partial charge in [0.05, 0.1) is 39.6 Å². The number of amides is 4. The molecule has 5 rings (SSSR count). The molecule has 0 bridgehead atoms. The first-order chi connectivity index (χ1) is 20.4. The third-order valence-corrected chi connectivity index (χ3v) is 7.51. The fraction of sp³-hybridized carbons (Fsp3) is 0.419. The summed E-state index contributed by atoms with van der Waals surface area (Å²) in [5.41, 5.74) is 2.74. The van der Waals surface area contributed by atoms with Crippen LogP contribution >= 0.6 is 0 Å². The lowest BCUT2D eigenvalue weighted by atomic mass is 10.0. The van der Waals surface area contributed by atoms with Crippen LogP contribution in [0.15, 0.2) is 36.5 Å². The van der Waals surface area contributed by atoms with E-state index in [9.17, 15) is 14.4 Å². The van der Waals surface area contributed by atoms with Crippen molar-refractivity contribution in [1.29, 1.82) is 0 Å². The van der Waals surface area contributed by atoms with Gasteiger partial charge in [0.25, 0.3) is 0 Å². The van der Waals surface area contributed by atoms with Crippen molar-refractivity contribution < 1.29 is 33.3 Å². The Morgan fingerprint density at radius 2 is 1.65 bits per heavy atom. The van der Waals surface area contributed by atoms with Crippen LogP contribution in [0.4, 0.5) is 15.4 Å². The van der Waals surface area contributed by atoms with E-state index in [1.54, 1.807) is 48.4 Å². The van der Waals surface area contributed by atoms with Crippen LogP contribution in [0.5, 0.6) is 17.2 Å². The number of hydrogen-bond acceptors (Lipinski definition) is 8. The standard InChI is InChI=1S/C31H37N5O7/c1-31(2,3)43-30(39)34-16-20-12-23(25(42-7)13-21(20)17-34)28-32-15-26(33(28)4)35-11-10-27(37)36(29(35)38)18-19-8-9-22(40-5)14-24(19)41-6/h8-9,12-15H,10-11,16-18H2,1-7H3. The molecule has 1 aromatic heterocycles. The molecule has 3 aromatic rings. The number of imidazole rings is 1. The fourth-order valence-electron chi connectivity index (χ4n) is 5.34. The molecule has 0 spiro atoms. The van der Waals surface area contributed by atoms with Gasteiger partial charge in [0.1, 0.15) is 34.5 Å². The lowest BCUT2D eigenvalue weighted by molar-refractivity contribution is -0.129. The first-order valence-electron chi connectivity index (χ1n) is 14.0. The lowest BCUT2D eigenvalue weighted by Gasteiger charge is -2.34. The molecule has 43 heavy (non-hydrogen) atoms. The SMILES string of the molecule is COc1ccc(CN2C(=O)CCN(c3cnc(-c4cc5c(cc4OC)CN(C(=O)OC(C)(C)C)C5)n3C)C2=O)c(OC)c1. The molecule has 3 heterocycles. The Kier molecular flexibility index (Phi) is 7.96. The number of methoxy groups -OCH3 is 3. The summed E-state index contributed by atoms with van der Waals surface area (Å²) in [6.45, 7) is 6.61. The lowest BCUT2D eigenvalue weighted by Crippen LogP contribution is -2.52. The van der Waals surface area contributed by atoms with Crippen LogP contribution < -0.4 is 19.1 Å². The van der Waals surface area contributed by atoms with Gasteiger partial charge in [-0.2, -0.15) is 0 Å². The van der Waals surface area contributed by atoms with E-state index < -0.39 is 11.6 Å². The highest BCUT2D eigenvalue weighted by atomic mass is 16.6. The molecular weight excluding hydrogens is 554 g/mol. The van der Waals surface area contributed by atoms with E-state index in [0.717, 1.165) is 16.7 Å². The summed E-state index contributed by atoms with van der Waals surface area (Å²) >= 11 is 0. The van der Waals surface area contributed by atoms with Crippen molar-refractivity contribution in [2.45, 2.75) is 52.4 Å². The minimum atomic E-state index is -0.592. The molecule has 12 heteroatoms. The molecule has 1 saturated heterocycles. The number of benzene rings is 2. The molecule has 0 aliphatic carbocycles. The molecule has 4 amide bonds. The number of anilines is 1. The van der Waals surface area contributed by atoms with Gasteiger partial charge in [0.2, 0.25) is 5.91 Å². The number of rotatable bonds is 7. The Hall–Kier alpha value is -4.74. The summed E-state index contributed by atoms with van der Waals surface area (Å²) in [5, 5.41) is 0. The maximum absolute atomic E-state index is 13.7. The summed E-state index contributed by atoms with van der Waals surface area (Å²) in [4.78, 5) is 48.4. The number of carbonyl (C=O) groups excluding carboxylic acids is 3. The largest absolute Gasteiger partial charge is 0.497 e. The van der Waals surface area contributed by atoms with Crippen LogP contribution in [-0.4, -0.2) is 70.9 Å². The zero-order valence-corrected chi connectivity index (χ0v) is 25.6. The van der Waals surface area contributed by atoms with E-state index in [4.69, 9.17) is 18.9 Å². The monoisotopic (exact) mass is 591 g/mol. The van der Waals surface area contributed by atoms with Crippen molar-refractivity contribution in [2.24, 2.45) is 7.05 Å². The summed E-state index contributed by atoms with van der Waals surface area (Å²) in [7, 11) is 6.49. The second-order valence-electron chi connectivity index (χ2n) is 11.5. The number of hydrogen-bond donors (Lipinski definition) is 0. The Bertz CT molecular complexity index is 1580. The molecule has 0 unspecified atom stereocenters. The van der Waals surface area contributed by atoms with E-state index in [1.165, 1.54) is 12.0 Å². The van der Waals surface area contributed by atoms with Gasteiger partial charge in [-0.05, 0) is 56.2 Å². The quantitative estimate of drug-likeness (QED) is 0.388. The second kappa shape index (κ2) is 11.5. The summed E-state index contributed by atoms with van der Waals surface area (Å²) in [6.07, 6.45) is 1.40. The van der Waals surface area contributed by atoms with Gasteiger partial charge in [-0.3, -0.25) is 19.5 Å². The van der Waals surface area contributed by atoms with Crippen molar-refractivity contribution in [3.63, 3.8) is 0 Å². The summed E-state index contributed by atoms with van der Waals surface area (Å²) in [6, 6.07) is 8.70. The molecule has 2 aliphatic heterocycles. The topological polar surface area (TPSA) is 116 Å². The first-order valence-corrected chi connectivity index (χ1v) is 14.0. The van der Waals surface area contributed by atoms with Gasteiger partial charge >= 0.3 is 12.1 Å². The van der Waals surface area contributed by atoms with Gasteiger partial charge in [-0.1, -0.05) is 0 Å². The molecule has 0 saturated carbocycles. The maximum Gasteiger partial charge on any atom is 0.410 e. The van der Waals surface area contributed by atoms with Gasteiger partial charge in [-0.25, -0.2) is 14.6 Å². The maximum atomic E-state index is 13.7. The molecule has 1 fully saturated rings.